The van der Waals surface area contributed by atoms with E-state index in [9.17, 15) is 0 Å². The van der Waals surface area contributed by atoms with Gasteiger partial charge in [0.05, 0.1) is 0 Å². The van der Waals surface area contributed by atoms with Crippen molar-refractivity contribution in [2.24, 2.45) is 0 Å². The van der Waals surface area contributed by atoms with E-state index in [0.29, 0.717) is 0 Å². The molecule has 8 rings (SSSR count). The number of anilines is 6. The zero-order valence-electron chi connectivity index (χ0n) is 30.0. The molecule has 0 spiro atoms. The van der Waals surface area contributed by atoms with Gasteiger partial charge in [-0.2, -0.15) is 0 Å². The molecule has 6 aromatic carbocycles. The maximum atomic E-state index is 8.65. The minimum atomic E-state index is -4.92. The van der Waals surface area contributed by atoms with Gasteiger partial charge in [-0.25, -0.2) is 0 Å². The Hall–Kier alpha value is -3.92. The van der Waals surface area contributed by atoms with Crippen LogP contribution in [0.25, 0.3) is 12.2 Å². The molecule has 0 heterocycles. The Morgan fingerprint density at radius 1 is 0.442 bits per heavy atom. The predicted molar refractivity (Wildman–Crippen MR) is 226 cm³/mol. The van der Waals surface area contributed by atoms with Gasteiger partial charge in [-0.05, 0) is 0 Å². The SMILES string of the molecule is CC1=Cc2c(cccc2N(c2ccccc2)c2ccccc2)[CH]1[Zr]([Cl])([Cl])([CH]1C(C)=Cc2c1cccc2N(c1ccccc1)c1ccccc1)[SiH](C)C. The van der Waals surface area contributed by atoms with Gasteiger partial charge in [0.25, 0.3) is 0 Å². The van der Waals surface area contributed by atoms with E-state index in [-0.39, 0.29) is 7.25 Å². The predicted octanol–water partition coefficient (Wildman–Crippen LogP) is 14.2. The van der Waals surface area contributed by atoms with Crippen molar-refractivity contribution in [2.45, 2.75) is 34.2 Å². The van der Waals surface area contributed by atoms with E-state index in [0.717, 1.165) is 34.1 Å². The first-order chi connectivity index (χ1) is 25.2. The number of halogens is 2. The van der Waals surface area contributed by atoms with Crippen LogP contribution in [0.3, 0.4) is 0 Å². The summed E-state index contributed by atoms with van der Waals surface area (Å²) in [4.78, 5) is 4.74. The number of rotatable bonds is 9. The molecule has 0 aromatic heterocycles. The molecule has 2 atom stereocenters. The Balaban J connectivity index is 1.30. The number of fused-ring (bicyclic) bond motifs is 2. The topological polar surface area (TPSA) is 6.48 Å². The van der Waals surface area contributed by atoms with Crippen LogP contribution in [0, 0.1) is 0 Å². The van der Waals surface area contributed by atoms with E-state index < -0.39 is 21.5 Å². The zero-order chi connectivity index (χ0) is 36.1. The fourth-order valence-corrected chi connectivity index (χ4v) is 41.8. The molecule has 0 radical (unpaired) electrons. The van der Waals surface area contributed by atoms with E-state index in [2.05, 4.69) is 207 Å². The van der Waals surface area contributed by atoms with E-state index in [1.54, 1.807) is 0 Å². The fourth-order valence-electron chi connectivity index (χ4n) is 8.92. The molecule has 52 heavy (non-hydrogen) atoms. The molecule has 2 nitrogen and oxygen atoms in total. The third kappa shape index (κ3) is 5.71. The second-order valence-electron chi connectivity index (χ2n) is 14.6. The number of benzene rings is 6. The quantitative estimate of drug-likeness (QED) is 0.134. The molecule has 0 N–H and O–H groups in total. The van der Waals surface area contributed by atoms with Gasteiger partial charge in [0, 0.05) is 0 Å². The number of nitrogens with zero attached hydrogens (tertiary/aromatic N) is 2. The van der Waals surface area contributed by atoms with Crippen molar-refractivity contribution in [1.29, 1.82) is 0 Å². The molecular weight excluding hydrogens is 771 g/mol. The molecule has 0 aliphatic heterocycles. The summed E-state index contributed by atoms with van der Waals surface area (Å²) < 4.78 is 0.00388. The summed E-state index contributed by atoms with van der Waals surface area (Å²) in [7, 11) is 17.3. The van der Waals surface area contributed by atoms with Gasteiger partial charge in [0.2, 0.25) is 0 Å². The van der Waals surface area contributed by atoms with Crippen LogP contribution in [0.1, 0.15) is 43.4 Å². The van der Waals surface area contributed by atoms with Crippen LogP contribution in [-0.4, -0.2) is 5.92 Å². The standard InChI is InChI=1S/2C22H18N.C2H7Si.2ClH.Zr/c2*1-17-15-18-9-8-14-22(21(18)16-17)23(19-10-4-2-5-11-19)20-12-6-3-7-13-20;1-3-2;;;/h2*2-16H,1H3;3H,1-2H3;2*1H;/q;;;;;+2/p-2. The molecule has 259 valence electrons. The summed E-state index contributed by atoms with van der Waals surface area (Å²) in [6.45, 7) is 9.37. The van der Waals surface area contributed by atoms with Gasteiger partial charge in [-0.1, -0.05) is 0 Å². The van der Waals surface area contributed by atoms with E-state index >= 15 is 0 Å². The molecule has 0 saturated carbocycles. The first-order valence-electron chi connectivity index (χ1n) is 18.2. The summed E-state index contributed by atoms with van der Waals surface area (Å²) in [6.07, 6.45) is 4.78. The zero-order valence-corrected chi connectivity index (χ0v) is 35.2. The van der Waals surface area contributed by atoms with E-state index in [4.69, 9.17) is 17.0 Å². The normalized spacial score (nSPS) is 17.1. The maximum absolute atomic E-state index is 8.65. The molecule has 0 saturated heterocycles. The minimum absolute atomic E-state index is 0.00194. The van der Waals surface area contributed by atoms with Crippen molar-refractivity contribution in [1.82, 2.24) is 0 Å². The molecule has 2 aliphatic carbocycles. The van der Waals surface area contributed by atoms with Crippen molar-refractivity contribution in [2.75, 3.05) is 9.80 Å². The Bertz CT molecular complexity index is 2070. The van der Waals surface area contributed by atoms with Gasteiger partial charge in [-0.3, -0.25) is 0 Å². The average molecular weight is 814 g/mol. The summed E-state index contributed by atoms with van der Waals surface area (Å²) >= 11 is -4.92. The second kappa shape index (κ2) is 13.8. The number of hydrogen-bond acceptors (Lipinski definition) is 2. The van der Waals surface area contributed by atoms with Crippen LogP contribution in [-0.2, 0) is 15.6 Å². The second-order valence-corrected chi connectivity index (χ2v) is 57.1. The molecule has 0 amide bonds. The molecule has 6 aromatic rings. The number of para-hydroxylation sites is 4. The molecule has 0 fully saturated rings. The van der Waals surface area contributed by atoms with Gasteiger partial charge in [0.15, 0.2) is 0 Å². The first kappa shape index (κ1) is 35.1. The van der Waals surface area contributed by atoms with Crippen LogP contribution >= 0.6 is 17.0 Å². The van der Waals surface area contributed by atoms with Crippen LogP contribution in [0.2, 0.25) is 13.1 Å². The Morgan fingerprint density at radius 3 is 1.04 bits per heavy atom. The van der Waals surface area contributed by atoms with Crippen molar-refractivity contribution in [3.05, 3.63) is 191 Å². The van der Waals surface area contributed by atoms with Gasteiger partial charge in [0.1, 0.15) is 0 Å². The van der Waals surface area contributed by atoms with E-state index in [1.165, 1.54) is 33.4 Å². The monoisotopic (exact) mass is 811 g/mol. The summed E-state index contributed by atoms with van der Waals surface area (Å²) in [5, 5.41) is 0. The Kier molecular flexibility index (Phi) is 9.33. The van der Waals surface area contributed by atoms with Crippen LogP contribution < -0.4 is 9.80 Å². The van der Waals surface area contributed by atoms with Crippen LogP contribution in [0.4, 0.5) is 34.1 Å². The third-order valence-electron chi connectivity index (χ3n) is 11.3. The Morgan fingerprint density at radius 2 is 0.750 bits per heavy atom. The Labute approximate surface area is 317 Å². The molecule has 2 unspecified atom stereocenters. The molecule has 2 aliphatic rings. The molecule has 6 heteroatoms. The number of allylic oxidation sites excluding steroid dienone is 2. The summed E-state index contributed by atoms with van der Waals surface area (Å²) in [5.41, 5.74) is 14.3. The van der Waals surface area contributed by atoms with Crippen molar-refractivity contribution < 1.29 is 15.6 Å². The van der Waals surface area contributed by atoms with Gasteiger partial charge in [-0.15, -0.1) is 0 Å². The number of hydrogen-bond donors (Lipinski definition) is 0. The molecular formula is C46H43Cl2N2SiZr. The van der Waals surface area contributed by atoms with Gasteiger partial charge >= 0.3 is 320 Å². The molecule has 0 bridgehead atoms. The fraction of sp³-hybridized carbons (Fsp3) is 0.130. The van der Waals surface area contributed by atoms with Crippen molar-refractivity contribution in [3.8, 4) is 0 Å². The third-order valence-corrected chi connectivity index (χ3v) is 63.5. The first-order valence-corrected chi connectivity index (χ1v) is 34.5. The summed E-state index contributed by atoms with van der Waals surface area (Å²) in [5.74, 6) is -1.70. The van der Waals surface area contributed by atoms with Gasteiger partial charge < -0.3 is 0 Å². The van der Waals surface area contributed by atoms with Crippen LogP contribution in [0.15, 0.2) is 169 Å². The van der Waals surface area contributed by atoms with Crippen molar-refractivity contribution in [3.63, 3.8) is 0 Å². The van der Waals surface area contributed by atoms with Crippen molar-refractivity contribution >= 4 is 69.2 Å². The van der Waals surface area contributed by atoms with E-state index in [1.807, 2.05) is 0 Å². The summed E-state index contributed by atoms with van der Waals surface area (Å²) in [6, 6.07) is 56.1. The average Bonchev–Trinajstić information content (AvgIpc) is 3.71. The van der Waals surface area contributed by atoms with Crippen LogP contribution in [0.5, 0.6) is 0 Å².